The molecule has 1 saturated heterocycles. The van der Waals surface area contributed by atoms with E-state index in [9.17, 15) is 4.79 Å². The van der Waals surface area contributed by atoms with Crippen molar-refractivity contribution in [2.24, 2.45) is 4.99 Å². The maximum Gasteiger partial charge on any atom is 0.222 e. The Balaban J connectivity index is 1.43. The number of carbonyl (C=O) groups is 1. The number of rotatable bonds is 7. The molecule has 0 radical (unpaired) electrons. The summed E-state index contributed by atoms with van der Waals surface area (Å²) in [5, 5.41) is 4.48. The first-order valence-electron chi connectivity index (χ1n) is 10.9. The molecule has 1 aliphatic rings. The molecule has 4 rings (SSSR count). The number of hydrogen-bond acceptors (Lipinski definition) is 3. The molecular weight excluding hydrogens is 388 g/mol. The van der Waals surface area contributed by atoms with Crippen LogP contribution < -0.4 is 5.32 Å². The molecule has 0 atom stereocenters. The number of hydrogen-bond donors (Lipinski definition) is 1. The Morgan fingerprint density at radius 2 is 2.00 bits per heavy atom. The topological polar surface area (TPSA) is 61.1 Å². The Kier molecular flexibility index (Phi) is 6.55. The summed E-state index contributed by atoms with van der Waals surface area (Å²) in [6.45, 7) is 5.62. The van der Waals surface area contributed by atoms with E-state index in [0.717, 1.165) is 53.3 Å². The maximum atomic E-state index is 11.9. The molecule has 0 spiro atoms. The number of amides is 1. The zero-order chi connectivity index (χ0) is 21.6. The van der Waals surface area contributed by atoms with Crippen molar-refractivity contribution in [1.29, 1.82) is 0 Å². The summed E-state index contributed by atoms with van der Waals surface area (Å²) >= 11 is 0. The van der Waals surface area contributed by atoms with Crippen molar-refractivity contribution in [3.05, 3.63) is 71.5 Å². The second-order valence-electron chi connectivity index (χ2n) is 8.02. The molecule has 3 aromatic rings. The number of para-hydroxylation sites is 1. The van der Waals surface area contributed by atoms with Crippen molar-refractivity contribution >= 4 is 22.8 Å². The second kappa shape index (κ2) is 9.69. The van der Waals surface area contributed by atoms with Crippen LogP contribution in [0, 0.1) is 0 Å². The summed E-state index contributed by atoms with van der Waals surface area (Å²) < 4.78 is 5.96. The Morgan fingerprint density at radius 1 is 1.16 bits per heavy atom. The van der Waals surface area contributed by atoms with Gasteiger partial charge in [0.15, 0.2) is 5.96 Å². The molecule has 0 unspecified atom stereocenters. The number of nitrogens with zero attached hydrogens (tertiary/aromatic N) is 3. The summed E-state index contributed by atoms with van der Waals surface area (Å²) in [6.07, 6.45) is 1.64. The van der Waals surface area contributed by atoms with Gasteiger partial charge in [0.2, 0.25) is 5.91 Å². The fourth-order valence-electron chi connectivity index (χ4n) is 3.98. The van der Waals surface area contributed by atoms with Gasteiger partial charge in [0, 0.05) is 38.5 Å². The molecule has 0 saturated carbocycles. The van der Waals surface area contributed by atoms with E-state index < -0.39 is 0 Å². The first-order chi connectivity index (χ1) is 15.1. The molecule has 2 heterocycles. The summed E-state index contributed by atoms with van der Waals surface area (Å²) in [7, 11) is 2.02. The Bertz CT molecular complexity index is 1040. The van der Waals surface area contributed by atoms with Crippen molar-refractivity contribution < 1.29 is 9.21 Å². The molecule has 162 valence electrons. The zero-order valence-corrected chi connectivity index (χ0v) is 18.3. The summed E-state index contributed by atoms with van der Waals surface area (Å²) in [6, 6.07) is 18.5. The normalized spacial score (nSPS) is 14.5. The van der Waals surface area contributed by atoms with E-state index in [4.69, 9.17) is 9.41 Å². The minimum atomic E-state index is 0.255. The number of aliphatic imine (C=N–C) groups is 1. The van der Waals surface area contributed by atoms with Crippen LogP contribution in [0.15, 0.2) is 64.0 Å². The molecule has 1 fully saturated rings. The number of guanidine groups is 1. The molecule has 1 aliphatic heterocycles. The zero-order valence-electron chi connectivity index (χ0n) is 18.3. The number of likely N-dealkylation sites (tertiary alicyclic amines) is 1. The summed E-state index contributed by atoms with van der Waals surface area (Å²) in [4.78, 5) is 20.8. The quantitative estimate of drug-likeness (QED) is 0.462. The van der Waals surface area contributed by atoms with Gasteiger partial charge in [-0.2, -0.15) is 0 Å². The second-order valence-corrected chi connectivity index (χ2v) is 8.02. The van der Waals surface area contributed by atoms with Crippen LogP contribution in [0.25, 0.3) is 11.0 Å². The largest absolute Gasteiger partial charge is 0.459 e. The SMILES string of the molecule is CCNC(=NCc1cccc(CN2CCCC2=O)c1)N(C)Cc1cc2ccccc2o1. The van der Waals surface area contributed by atoms with E-state index in [1.165, 1.54) is 0 Å². The maximum absolute atomic E-state index is 11.9. The number of carbonyl (C=O) groups excluding carboxylic acids is 1. The number of benzene rings is 2. The fourth-order valence-corrected chi connectivity index (χ4v) is 3.98. The highest BCUT2D eigenvalue weighted by molar-refractivity contribution is 5.80. The van der Waals surface area contributed by atoms with Crippen molar-refractivity contribution in [3.63, 3.8) is 0 Å². The van der Waals surface area contributed by atoms with Gasteiger partial charge in [-0.3, -0.25) is 4.79 Å². The predicted octanol–water partition coefficient (Wildman–Crippen LogP) is 4.15. The lowest BCUT2D eigenvalue weighted by Crippen LogP contribution is -2.38. The van der Waals surface area contributed by atoms with Crippen molar-refractivity contribution in [3.8, 4) is 0 Å². The van der Waals surface area contributed by atoms with Gasteiger partial charge >= 0.3 is 0 Å². The Morgan fingerprint density at radius 3 is 2.77 bits per heavy atom. The number of nitrogens with one attached hydrogen (secondary N) is 1. The Labute approximate surface area is 183 Å². The van der Waals surface area contributed by atoms with Crippen LogP contribution >= 0.6 is 0 Å². The summed E-state index contributed by atoms with van der Waals surface area (Å²) in [5.41, 5.74) is 3.20. The molecule has 31 heavy (non-hydrogen) atoms. The number of fused-ring (bicyclic) bond motifs is 1. The average molecular weight is 419 g/mol. The molecular formula is C25H30N4O2. The third-order valence-corrected chi connectivity index (χ3v) is 5.51. The molecule has 6 nitrogen and oxygen atoms in total. The van der Waals surface area contributed by atoms with Gasteiger partial charge in [-0.1, -0.05) is 42.5 Å². The predicted molar refractivity (Wildman–Crippen MR) is 124 cm³/mol. The van der Waals surface area contributed by atoms with Gasteiger partial charge in [0.25, 0.3) is 0 Å². The minimum Gasteiger partial charge on any atom is -0.459 e. The third-order valence-electron chi connectivity index (χ3n) is 5.51. The van der Waals surface area contributed by atoms with Gasteiger partial charge in [0.1, 0.15) is 11.3 Å². The highest BCUT2D eigenvalue weighted by atomic mass is 16.3. The van der Waals surface area contributed by atoms with Crippen molar-refractivity contribution in [1.82, 2.24) is 15.1 Å². The lowest BCUT2D eigenvalue weighted by atomic mass is 10.1. The molecule has 0 aliphatic carbocycles. The van der Waals surface area contributed by atoms with Gasteiger partial charge in [-0.05, 0) is 36.6 Å². The molecule has 1 N–H and O–H groups in total. The van der Waals surface area contributed by atoms with Crippen LogP contribution in [0.3, 0.4) is 0 Å². The lowest BCUT2D eigenvalue weighted by molar-refractivity contribution is -0.128. The highest BCUT2D eigenvalue weighted by Gasteiger charge is 2.20. The van der Waals surface area contributed by atoms with E-state index in [-0.39, 0.29) is 5.91 Å². The standard InChI is InChI=1S/C25H30N4O2/c1-3-26-25(28(2)18-22-15-21-10-4-5-11-23(21)31-22)27-16-19-8-6-9-20(14-19)17-29-13-7-12-24(29)30/h4-6,8-11,14-15H,3,7,12-13,16-18H2,1-2H3,(H,26,27). The van der Waals surface area contributed by atoms with Crippen molar-refractivity contribution in [2.45, 2.75) is 39.4 Å². The molecule has 0 bridgehead atoms. The molecule has 6 heteroatoms. The third kappa shape index (κ3) is 5.26. The van der Waals surface area contributed by atoms with Crippen molar-refractivity contribution in [2.75, 3.05) is 20.1 Å². The molecule has 2 aromatic carbocycles. The van der Waals surface area contributed by atoms with Gasteiger partial charge in [-0.15, -0.1) is 0 Å². The van der Waals surface area contributed by atoms with Crippen LogP contribution in [-0.2, 0) is 24.4 Å². The van der Waals surface area contributed by atoms with Gasteiger partial charge < -0.3 is 19.5 Å². The fraction of sp³-hybridized carbons (Fsp3) is 0.360. The summed E-state index contributed by atoms with van der Waals surface area (Å²) in [5.74, 6) is 2.00. The first kappa shape index (κ1) is 21.0. The smallest absolute Gasteiger partial charge is 0.222 e. The lowest BCUT2D eigenvalue weighted by Gasteiger charge is -2.21. The monoisotopic (exact) mass is 418 g/mol. The van der Waals surface area contributed by atoms with E-state index in [1.54, 1.807) is 0 Å². The molecule has 1 aromatic heterocycles. The van der Waals surface area contributed by atoms with Crippen LogP contribution in [0.5, 0.6) is 0 Å². The van der Waals surface area contributed by atoms with E-state index >= 15 is 0 Å². The van der Waals surface area contributed by atoms with Gasteiger partial charge in [-0.25, -0.2) is 4.99 Å². The highest BCUT2D eigenvalue weighted by Crippen LogP contribution is 2.20. The Hall–Kier alpha value is -3.28. The molecule has 1 amide bonds. The van der Waals surface area contributed by atoms with Gasteiger partial charge in [0.05, 0.1) is 13.1 Å². The van der Waals surface area contributed by atoms with Crippen LogP contribution in [0.4, 0.5) is 0 Å². The minimum absolute atomic E-state index is 0.255. The van der Waals surface area contributed by atoms with E-state index in [2.05, 4.69) is 47.5 Å². The average Bonchev–Trinajstić information content (AvgIpc) is 3.36. The van der Waals surface area contributed by atoms with E-state index in [1.807, 2.05) is 36.2 Å². The van der Waals surface area contributed by atoms with Crippen LogP contribution in [-0.4, -0.2) is 41.8 Å². The number of furan rings is 1. The van der Waals surface area contributed by atoms with E-state index in [0.29, 0.717) is 26.1 Å². The first-order valence-corrected chi connectivity index (χ1v) is 10.9. The van der Waals surface area contributed by atoms with Crippen LogP contribution in [0.2, 0.25) is 0 Å². The van der Waals surface area contributed by atoms with Crippen LogP contribution in [0.1, 0.15) is 36.7 Å².